The van der Waals surface area contributed by atoms with Crippen molar-refractivity contribution < 1.29 is 4.79 Å². The number of unbranched alkanes of at least 4 members (excludes halogenated alkanes) is 1. The number of anilines is 2. The maximum absolute atomic E-state index is 12.5. The number of rotatable bonds is 6. The average molecular weight is 311 g/mol. The number of amides is 1. The van der Waals surface area contributed by atoms with Gasteiger partial charge in [-0.3, -0.25) is 9.78 Å². The highest BCUT2D eigenvalue weighted by Gasteiger charge is 2.11. The first-order valence-electron chi connectivity index (χ1n) is 8.07. The molecule has 1 aromatic carbocycles. The molecule has 4 heteroatoms. The second kappa shape index (κ2) is 7.77. The second-order valence-corrected chi connectivity index (χ2v) is 5.88. The van der Waals surface area contributed by atoms with Crippen molar-refractivity contribution in [3.8, 4) is 0 Å². The molecule has 2 aromatic rings. The molecule has 2 rings (SSSR count). The third-order valence-electron chi connectivity index (χ3n) is 4.12. The van der Waals surface area contributed by atoms with Crippen molar-refractivity contribution in [1.82, 2.24) is 4.98 Å². The molecule has 0 aliphatic rings. The van der Waals surface area contributed by atoms with Crippen LogP contribution in [-0.4, -0.2) is 24.5 Å². The Morgan fingerprint density at radius 3 is 2.78 bits per heavy atom. The van der Waals surface area contributed by atoms with Crippen LogP contribution in [0.4, 0.5) is 11.4 Å². The van der Waals surface area contributed by atoms with Crippen molar-refractivity contribution in [2.24, 2.45) is 0 Å². The summed E-state index contributed by atoms with van der Waals surface area (Å²) in [6.07, 6.45) is 3.97. The SMILES string of the molecule is CCCCN(C)c1ccnc(C(=O)Nc2cccc(C)c2C)c1. The molecule has 1 N–H and O–H groups in total. The monoisotopic (exact) mass is 311 g/mol. The average Bonchev–Trinajstić information content (AvgIpc) is 2.57. The summed E-state index contributed by atoms with van der Waals surface area (Å²) in [5.74, 6) is -0.176. The van der Waals surface area contributed by atoms with Crippen LogP contribution in [0.25, 0.3) is 0 Å². The van der Waals surface area contributed by atoms with Gasteiger partial charge >= 0.3 is 0 Å². The predicted molar refractivity (Wildman–Crippen MR) is 96.3 cm³/mol. The Morgan fingerprint density at radius 2 is 2.04 bits per heavy atom. The molecule has 122 valence electrons. The summed E-state index contributed by atoms with van der Waals surface area (Å²) in [7, 11) is 2.04. The van der Waals surface area contributed by atoms with Crippen molar-refractivity contribution in [2.45, 2.75) is 33.6 Å². The molecule has 0 spiro atoms. The minimum Gasteiger partial charge on any atom is -0.374 e. The number of carbonyl (C=O) groups is 1. The fraction of sp³-hybridized carbons (Fsp3) is 0.368. The first-order chi connectivity index (χ1) is 11.0. The number of carbonyl (C=O) groups excluding carboxylic acids is 1. The van der Waals surface area contributed by atoms with E-state index < -0.39 is 0 Å². The number of aryl methyl sites for hydroxylation is 1. The Kier molecular flexibility index (Phi) is 5.74. The maximum Gasteiger partial charge on any atom is 0.274 e. The lowest BCUT2D eigenvalue weighted by Crippen LogP contribution is -2.20. The fourth-order valence-corrected chi connectivity index (χ4v) is 2.38. The Bertz CT molecular complexity index is 682. The van der Waals surface area contributed by atoms with Crippen LogP contribution in [0.15, 0.2) is 36.5 Å². The molecular weight excluding hydrogens is 286 g/mol. The molecule has 0 radical (unpaired) electrons. The van der Waals surface area contributed by atoms with Crippen LogP contribution < -0.4 is 10.2 Å². The van der Waals surface area contributed by atoms with Crippen LogP contribution >= 0.6 is 0 Å². The molecule has 0 saturated carbocycles. The van der Waals surface area contributed by atoms with Crippen molar-refractivity contribution in [1.29, 1.82) is 0 Å². The van der Waals surface area contributed by atoms with E-state index in [1.807, 2.05) is 51.2 Å². The van der Waals surface area contributed by atoms with E-state index in [1.165, 1.54) is 0 Å². The molecule has 0 unspecified atom stereocenters. The summed E-state index contributed by atoms with van der Waals surface area (Å²) in [6, 6.07) is 9.67. The summed E-state index contributed by atoms with van der Waals surface area (Å²) < 4.78 is 0. The lowest BCUT2D eigenvalue weighted by molar-refractivity contribution is 0.102. The maximum atomic E-state index is 12.5. The summed E-state index contributed by atoms with van der Waals surface area (Å²) in [5.41, 5.74) is 4.52. The quantitative estimate of drug-likeness (QED) is 0.870. The Morgan fingerprint density at radius 1 is 1.26 bits per heavy atom. The van der Waals surface area contributed by atoms with Crippen LogP contribution in [-0.2, 0) is 0 Å². The van der Waals surface area contributed by atoms with Crippen LogP contribution in [0.5, 0.6) is 0 Å². The zero-order valence-corrected chi connectivity index (χ0v) is 14.4. The van der Waals surface area contributed by atoms with E-state index >= 15 is 0 Å². The molecule has 0 aliphatic heterocycles. The van der Waals surface area contributed by atoms with Crippen LogP contribution in [0.1, 0.15) is 41.4 Å². The Labute approximate surface area is 138 Å². The van der Waals surface area contributed by atoms with Gasteiger partial charge < -0.3 is 10.2 Å². The molecule has 1 aromatic heterocycles. The smallest absolute Gasteiger partial charge is 0.274 e. The first-order valence-corrected chi connectivity index (χ1v) is 8.07. The van der Waals surface area contributed by atoms with Gasteiger partial charge in [0.05, 0.1) is 0 Å². The van der Waals surface area contributed by atoms with Crippen molar-refractivity contribution in [3.63, 3.8) is 0 Å². The first kappa shape index (κ1) is 17.0. The summed E-state index contributed by atoms with van der Waals surface area (Å²) in [5, 5.41) is 2.96. The van der Waals surface area contributed by atoms with Crippen LogP contribution in [0.3, 0.4) is 0 Å². The van der Waals surface area contributed by atoms with Crippen molar-refractivity contribution in [3.05, 3.63) is 53.3 Å². The van der Waals surface area contributed by atoms with Crippen LogP contribution in [0.2, 0.25) is 0 Å². The number of hydrogen-bond acceptors (Lipinski definition) is 3. The molecular formula is C19H25N3O. The Hall–Kier alpha value is -2.36. The van der Waals surface area contributed by atoms with Gasteiger partial charge in [-0.05, 0) is 49.6 Å². The predicted octanol–water partition coefficient (Wildman–Crippen LogP) is 4.19. The fourth-order valence-electron chi connectivity index (χ4n) is 2.38. The molecule has 1 heterocycles. The summed E-state index contributed by atoms with van der Waals surface area (Å²) >= 11 is 0. The molecule has 0 aliphatic carbocycles. The van der Waals surface area contributed by atoms with Gasteiger partial charge in [-0.1, -0.05) is 25.5 Å². The molecule has 0 fully saturated rings. The van der Waals surface area contributed by atoms with Gasteiger partial charge in [0.2, 0.25) is 0 Å². The van der Waals surface area contributed by atoms with E-state index in [-0.39, 0.29) is 5.91 Å². The highest BCUT2D eigenvalue weighted by atomic mass is 16.1. The zero-order valence-electron chi connectivity index (χ0n) is 14.4. The van der Waals surface area contributed by atoms with E-state index in [4.69, 9.17) is 0 Å². The minimum atomic E-state index is -0.176. The van der Waals surface area contributed by atoms with Gasteiger partial charge in [-0.15, -0.1) is 0 Å². The van der Waals surface area contributed by atoms with Gasteiger partial charge in [0, 0.05) is 31.2 Å². The number of nitrogens with zero attached hydrogens (tertiary/aromatic N) is 2. The van der Waals surface area contributed by atoms with E-state index in [2.05, 4.69) is 22.1 Å². The number of aromatic nitrogens is 1. The largest absolute Gasteiger partial charge is 0.374 e. The van der Waals surface area contributed by atoms with Crippen LogP contribution in [0, 0.1) is 13.8 Å². The third kappa shape index (κ3) is 4.31. The third-order valence-corrected chi connectivity index (χ3v) is 4.12. The standard InChI is InChI=1S/C19H25N3O/c1-5-6-12-22(4)16-10-11-20-18(13-16)19(23)21-17-9-7-8-14(2)15(17)3/h7-11,13H,5-6,12H2,1-4H3,(H,21,23). The second-order valence-electron chi connectivity index (χ2n) is 5.88. The number of hydrogen-bond donors (Lipinski definition) is 1. The number of benzene rings is 1. The molecule has 0 bridgehead atoms. The number of nitrogens with one attached hydrogen (secondary N) is 1. The summed E-state index contributed by atoms with van der Waals surface area (Å²) in [4.78, 5) is 18.8. The van der Waals surface area contributed by atoms with Crippen molar-refractivity contribution >= 4 is 17.3 Å². The molecule has 0 saturated heterocycles. The lowest BCUT2D eigenvalue weighted by Gasteiger charge is -2.19. The van der Waals surface area contributed by atoms with E-state index in [0.717, 1.165) is 41.9 Å². The number of pyridine rings is 1. The molecule has 1 amide bonds. The normalized spacial score (nSPS) is 10.4. The van der Waals surface area contributed by atoms with E-state index in [0.29, 0.717) is 5.69 Å². The zero-order chi connectivity index (χ0) is 16.8. The minimum absolute atomic E-state index is 0.176. The lowest BCUT2D eigenvalue weighted by atomic mass is 10.1. The molecule has 0 atom stereocenters. The highest BCUT2D eigenvalue weighted by Crippen LogP contribution is 2.19. The van der Waals surface area contributed by atoms with Gasteiger partial charge in [0.15, 0.2) is 0 Å². The van der Waals surface area contributed by atoms with Gasteiger partial charge in [-0.2, -0.15) is 0 Å². The summed E-state index contributed by atoms with van der Waals surface area (Å²) in [6.45, 7) is 7.18. The topological polar surface area (TPSA) is 45.2 Å². The van der Waals surface area contributed by atoms with Gasteiger partial charge in [0.25, 0.3) is 5.91 Å². The van der Waals surface area contributed by atoms with E-state index in [9.17, 15) is 4.79 Å². The highest BCUT2D eigenvalue weighted by molar-refractivity contribution is 6.03. The Balaban J connectivity index is 2.15. The van der Waals surface area contributed by atoms with Gasteiger partial charge in [-0.25, -0.2) is 0 Å². The van der Waals surface area contributed by atoms with E-state index in [1.54, 1.807) is 6.20 Å². The van der Waals surface area contributed by atoms with Crippen molar-refractivity contribution in [2.75, 3.05) is 23.8 Å². The molecule has 23 heavy (non-hydrogen) atoms. The molecule has 4 nitrogen and oxygen atoms in total. The van der Waals surface area contributed by atoms with Gasteiger partial charge in [0.1, 0.15) is 5.69 Å².